The Kier molecular flexibility index (Phi) is 4.03. The molecule has 110 valence electrons. The fourth-order valence-electron chi connectivity index (χ4n) is 3.40. The molecule has 1 aromatic rings. The lowest BCUT2D eigenvalue weighted by Gasteiger charge is -2.28. The maximum Gasteiger partial charge on any atom is 0.325 e. The normalized spacial score (nSPS) is 24.5. The molecule has 20 heavy (non-hydrogen) atoms. The molecule has 1 aromatic heterocycles. The molecule has 2 aliphatic rings. The number of nitrogens with one attached hydrogen (secondary N) is 2. The largest absolute Gasteiger partial charge is 0.325 e. The molecule has 3 rings (SSSR count). The fraction of sp³-hybridized carbons (Fsp3) is 0.714. The maximum absolute atomic E-state index is 11.3. The first kappa shape index (κ1) is 13.6. The highest BCUT2D eigenvalue weighted by Gasteiger charge is 2.27. The molecule has 2 N–H and O–H groups in total. The number of H-pyrrole nitrogens is 2. The Hall–Kier alpha value is -1.40. The quantitative estimate of drug-likeness (QED) is 0.821. The number of aromatic amines is 2. The van der Waals surface area contributed by atoms with Gasteiger partial charge >= 0.3 is 5.69 Å². The molecule has 0 saturated carbocycles. The highest BCUT2D eigenvalue weighted by atomic mass is 16.2. The van der Waals surface area contributed by atoms with E-state index in [4.69, 9.17) is 0 Å². The maximum atomic E-state index is 11.3. The average Bonchev–Trinajstić information content (AvgIpc) is 3.01. The van der Waals surface area contributed by atoms with E-state index in [2.05, 4.69) is 19.8 Å². The van der Waals surface area contributed by atoms with Gasteiger partial charge in [0.2, 0.25) is 0 Å². The van der Waals surface area contributed by atoms with Crippen molar-refractivity contribution in [3.63, 3.8) is 0 Å². The average molecular weight is 278 g/mol. The van der Waals surface area contributed by atoms with Gasteiger partial charge in [-0.2, -0.15) is 0 Å². The van der Waals surface area contributed by atoms with Gasteiger partial charge in [0.1, 0.15) is 0 Å². The van der Waals surface area contributed by atoms with Crippen molar-refractivity contribution in [3.05, 3.63) is 32.6 Å². The molecule has 0 aliphatic carbocycles. The first-order valence-electron chi connectivity index (χ1n) is 7.49. The molecule has 0 spiro atoms. The van der Waals surface area contributed by atoms with Gasteiger partial charge in [0.05, 0.1) is 0 Å². The van der Waals surface area contributed by atoms with E-state index >= 15 is 0 Å². The molecule has 2 aliphatic heterocycles. The number of hydrogen-bond donors (Lipinski definition) is 2. The minimum atomic E-state index is -0.414. The Morgan fingerprint density at radius 3 is 2.65 bits per heavy atom. The molecule has 6 nitrogen and oxygen atoms in total. The minimum absolute atomic E-state index is 0.320. The van der Waals surface area contributed by atoms with Crippen LogP contribution >= 0.6 is 0 Å². The molecule has 0 unspecified atom stereocenters. The van der Waals surface area contributed by atoms with Gasteiger partial charge in [-0.1, -0.05) is 0 Å². The third kappa shape index (κ3) is 3.19. The first-order chi connectivity index (χ1) is 9.70. The van der Waals surface area contributed by atoms with Crippen LogP contribution in [-0.4, -0.2) is 52.0 Å². The number of rotatable bonds is 4. The van der Waals surface area contributed by atoms with Crippen LogP contribution in [0.25, 0.3) is 0 Å². The summed E-state index contributed by atoms with van der Waals surface area (Å²) < 4.78 is 0. The summed E-state index contributed by atoms with van der Waals surface area (Å²) in [6.07, 6.45) is 5.04. The summed E-state index contributed by atoms with van der Waals surface area (Å²) in [7, 11) is 0. The van der Waals surface area contributed by atoms with E-state index in [0.717, 1.165) is 13.1 Å². The Balaban J connectivity index is 1.65. The van der Waals surface area contributed by atoms with E-state index in [1.54, 1.807) is 0 Å². The van der Waals surface area contributed by atoms with Crippen LogP contribution in [0.2, 0.25) is 0 Å². The van der Waals surface area contributed by atoms with Gasteiger partial charge in [0, 0.05) is 30.9 Å². The zero-order chi connectivity index (χ0) is 13.9. The molecular formula is C14H22N4O2. The Morgan fingerprint density at radius 2 is 1.90 bits per heavy atom. The second-order valence-electron chi connectivity index (χ2n) is 5.89. The van der Waals surface area contributed by atoms with Crippen molar-refractivity contribution in [3.8, 4) is 0 Å². The fourth-order valence-corrected chi connectivity index (χ4v) is 3.40. The Bertz CT molecular complexity index is 531. The summed E-state index contributed by atoms with van der Waals surface area (Å²) in [5.74, 6) is 0. The van der Waals surface area contributed by atoms with Gasteiger partial charge < -0.3 is 9.88 Å². The van der Waals surface area contributed by atoms with Gasteiger partial charge in [-0.05, 0) is 45.3 Å². The van der Waals surface area contributed by atoms with E-state index in [1.807, 2.05) is 0 Å². The number of aromatic nitrogens is 2. The van der Waals surface area contributed by atoms with E-state index in [-0.39, 0.29) is 5.56 Å². The highest BCUT2D eigenvalue weighted by molar-refractivity contribution is 5.00. The van der Waals surface area contributed by atoms with Crippen LogP contribution in [-0.2, 0) is 6.54 Å². The number of nitrogens with zero attached hydrogens (tertiary/aromatic N) is 2. The zero-order valence-corrected chi connectivity index (χ0v) is 11.7. The van der Waals surface area contributed by atoms with Gasteiger partial charge in [0.25, 0.3) is 5.56 Å². The van der Waals surface area contributed by atoms with Gasteiger partial charge in [-0.25, -0.2) is 4.79 Å². The number of likely N-dealkylation sites (tertiary alicyclic amines) is 2. The molecule has 0 aromatic carbocycles. The van der Waals surface area contributed by atoms with Crippen molar-refractivity contribution in [1.82, 2.24) is 19.8 Å². The Morgan fingerprint density at radius 1 is 1.10 bits per heavy atom. The van der Waals surface area contributed by atoms with E-state index in [0.29, 0.717) is 18.3 Å². The van der Waals surface area contributed by atoms with Crippen LogP contribution in [0, 0.1) is 0 Å². The monoisotopic (exact) mass is 278 g/mol. The van der Waals surface area contributed by atoms with Crippen molar-refractivity contribution in [2.24, 2.45) is 0 Å². The minimum Gasteiger partial charge on any atom is -0.310 e. The predicted molar refractivity (Wildman–Crippen MR) is 76.8 cm³/mol. The molecule has 6 heteroatoms. The summed E-state index contributed by atoms with van der Waals surface area (Å²) in [6, 6.07) is 2.04. The van der Waals surface area contributed by atoms with Crippen molar-refractivity contribution < 1.29 is 0 Å². The SMILES string of the molecule is O=c1cc(CN2CCC[C@@H]2CN2CCCC2)[nH]c(=O)[nH]1. The third-order valence-electron chi connectivity index (χ3n) is 4.36. The summed E-state index contributed by atoms with van der Waals surface area (Å²) in [5.41, 5.74) is -0.0195. The highest BCUT2D eigenvalue weighted by Crippen LogP contribution is 2.21. The predicted octanol–water partition coefficient (Wildman–Crippen LogP) is 0.123. The summed E-state index contributed by atoms with van der Waals surface area (Å²) in [6.45, 7) is 5.26. The molecule has 1 atom stereocenters. The van der Waals surface area contributed by atoms with E-state index < -0.39 is 5.69 Å². The molecule has 0 amide bonds. The van der Waals surface area contributed by atoms with Crippen LogP contribution in [0.4, 0.5) is 0 Å². The zero-order valence-electron chi connectivity index (χ0n) is 11.7. The van der Waals surface area contributed by atoms with Crippen LogP contribution in [0.3, 0.4) is 0 Å². The summed E-state index contributed by atoms with van der Waals surface area (Å²) in [4.78, 5) is 32.5. The molecular weight excluding hydrogens is 256 g/mol. The van der Waals surface area contributed by atoms with Crippen molar-refractivity contribution in [1.29, 1.82) is 0 Å². The van der Waals surface area contributed by atoms with Gasteiger partial charge in [-0.15, -0.1) is 0 Å². The standard InChI is InChI=1S/C14H22N4O2/c19-13-8-11(15-14(20)16-13)9-18-7-3-4-12(18)10-17-5-1-2-6-17/h8,12H,1-7,9-10H2,(H2,15,16,19,20)/t12-/m1/s1. The first-order valence-corrected chi connectivity index (χ1v) is 7.49. The third-order valence-corrected chi connectivity index (χ3v) is 4.36. The second kappa shape index (κ2) is 5.93. The lowest BCUT2D eigenvalue weighted by Crippen LogP contribution is -2.39. The topological polar surface area (TPSA) is 72.2 Å². The molecule has 0 bridgehead atoms. The van der Waals surface area contributed by atoms with Crippen LogP contribution < -0.4 is 11.2 Å². The van der Waals surface area contributed by atoms with Crippen molar-refractivity contribution in [2.45, 2.75) is 38.3 Å². The lowest BCUT2D eigenvalue weighted by molar-refractivity contribution is 0.183. The van der Waals surface area contributed by atoms with Crippen molar-refractivity contribution >= 4 is 0 Å². The van der Waals surface area contributed by atoms with Crippen molar-refractivity contribution in [2.75, 3.05) is 26.2 Å². The van der Waals surface area contributed by atoms with Crippen LogP contribution in [0.5, 0.6) is 0 Å². The van der Waals surface area contributed by atoms with Gasteiger partial charge in [0.15, 0.2) is 0 Å². The van der Waals surface area contributed by atoms with Crippen LogP contribution in [0.1, 0.15) is 31.4 Å². The Labute approximate surface area is 117 Å². The lowest BCUT2D eigenvalue weighted by atomic mass is 10.2. The smallest absolute Gasteiger partial charge is 0.310 e. The van der Waals surface area contributed by atoms with E-state index in [9.17, 15) is 9.59 Å². The second-order valence-corrected chi connectivity index (χ2v) is 5.89. The van der Waals surface area contributed by atoms with Crippen LogP contribution in [0.15, 0.2) is 15.7 Å². The molecule has 2 fully saturated rings. The molecule has 3 heterocycles. The van der Waals surface area contributed by atoms with E-state index in [1.165, 1.54) is 44.8 Å². The van der Waals surface area contributed by atoms with Gasteiger partial charge in [-0.3, -0.25) is 14.7 Å². The number of hydrogen-bond acceptors (Lipinski definition) is 4. The summed E-state index contributed by atoms with van der Waals surface area (Å²) >= 11 is 0. The summed E-state index contributed by atoms with van der Waals surface area (Å²) in [5, 5.41) is 0. The molecule has 0 radical (unpaired) electrons. The molecule has 2 saturated heterocycles.